The Morgan fingerprint density at radius 2 is 2.00 bits per heavy atom. The second kappa shape index (κ2) is 4.56. The largest absolute Gasteiger partial charge is 0.309 e. The highest BCUT2D eigenvalue weighted by atomic mass is 16.2. The molecule has 2 heterocycles. The van der Waals surface area contributed by atoms with E-state index in [-0.39, 0.29) is 11.9 Å². The van der Waals surface area contributed by atoms with Crippen molar-refractivity contribution in [3.63, 3.8) is 0 Å². The number of para-hydroxylation sites is 1. The Morgan fingerprint density at radius 1 is 1.15 bits per heavy atom. The zero-order valence-corrected chi connectivity index (χ0v) is 11.2. The molecule has 1 unspecified atom stereocenters. The molecule has 1 aromatic heterocycles. The van der Waals surface area contributed by atoms with Crippen LogP contribution in [0.1, 0.15) is 19.3 Å². The summed E-state index contributed by atoms with van der Waals surface area (Å²) in [6.45, 7) is 0.777. The van der Waals surface area contributed by atoms with Crippen LogP contribution in [0, 0.1) is 0 Å². The predicted octanol–water partition coefficient (Wildman–Crippen LogP) is 2.09. The van der Waals surface area contributed by atoms with E-state index in [1.54, 1.807) is 6.20 Å². The molecule has 2 aromatic rings. The predicted molar refractivity (Wildman–Crippen MR) is 78.7 cm³/mol. The van der Waals surface area contributed by atoms with Gasteiger partial charge in [-0.05, 0) is 31.4 Å². The molecule has 1 N–H and O–H groups in total. The lowest BCUT2D eigenvalue weighted by Gasteiger charge is -2.18. The van der Waals surface area contributed by atoms with Crippen molar-refractivity contribution in [3.8, 4) is 0 Å². The van der Waals surface area contributed by atoms with Gasteiger partial charge in [-0.2, -0.15) is 0 Å². The summed E-state index contributed by atoms with van der Waals surface area (Å²) in [4.78, 5) is 18.9. The minimum atomic E-state index is -0.0125. The third kappa shape index (κ3) is 1.96. The number of benzene rings is 1. The molecule has 1 atom stereocenters. The number of aromatic nitrogens is 1. The van der Waals surface area contributed by atoms with E-state index in [1.165, 1.54) is 12.8 Å². The topological polar surface area (TPSA) is 45.2 Å². The van der Waals surface area contributed by atoms with Crippen molar-refractivity contribution in [2.45, 2.75) is 31.3 Å². The maximum absolute atomic E-state index is 12.5. The Labute approximate surface area is 117 Å². The summed E-state index contributed by atoms with van der Waals surface area (Å²) in [6.07, 6.45) is 5.09. The Hall–Kier alpha value is -1.94. The molecular formula is C16H17N3O. The molecule has 2 aliphatic rings. The van der Waals surface area contributed by atoms with E-state index in [0.29, 0.717) is 6.04 Å². The quantitative estimate of drug-likeness (QED) is 0.926. The minimum Gasteiger partial charge on any atom is -0.309 e. The van der Waals surface area contributed by atoms with Crippen LogP contribution in [-0.4, -0.2) is 29.5 Å². The van der Waals surface area contributed by atoms with Crippen LogP contribution in [-0.2, 0) is 4.79 Å². The lowest BCUT2D eigenvalue weighted by atomic mass is 10.2. The van der Waals surface area contributed by atoms with Crippen molar-refractivity contribution in [2.24, 2.45) is 0 Å². The number of rotatable bonds is 3. The zero-order valence-electron chi connectivity index (χ0n) is 11.2. The van der Waals surface area contributed by atoms with Gasteiger partial charge in [0, 0.05) is 24.2 Å². The fourth-order valence-electron chi connectivity index (χ4n) is 2.91. The van der Waals surface area contributed by atoms with Crippen LogP contribution in [0.2, 0.25) is 0 Å². The number of pyridine rings is 1. The third-order valence-electron chi connectivity index (χ3n) is 4.12. The summed E-state index contributed by atoms with van der Waals surface area (Å²) >= 11 is 0. The molecule has 1 saturated heterocycles. The summed E-state index contributed by atoms with van der Waals surface area (Å²) < 4.78 is 0. The number of carbonyl (C=O) groups excluding carboxylic acids is 1. The lowest BCUT2D eigenvalue weighted by Crippen LogP contribution is -2.39. The normalized spacial score (nSPS) is 22.7. The van der Waals surface area contributed by atoms with Gasteiger partial charge in [-0.25, -0.2) is 0 Å². The first kappa shape index (κ1) is 11.9. The monoisotopic (exact) mass is 267 g/mol. The molecule has 102 valence electrons. The second-order valence-corrected chi connectivity index (χ2v) is 5.62. The molecule has 4 nitrogen and oxygen atoms in total. The second-order valence-electron chi connectivity index (χ2n) is 5.62. The number of hydrogen-bond acceptors (Lipinski definition) is 3. The average molecular weight is 267 g/mol. The van der Waals surface area contributed by atoms with Gasteiger partial charge in [-0.1, -0.05) is 18.2 Å². The van der Waals surface area contributed by atoms with Crippen LogP contribution in [0.15, 0.2) is 36.5 Å². The fourth-order valence-corrected chi connectivity index (χ4v) is 2.91. The molecule has 4 rings (SSSR count). The van der Waals surface area contributed by atoms with Crippen molar-refractivity contribution >= 4 is 22.5 Å². The molecule has 2 fully saturated rings. The highest BCUT2D eigenvalue weighted by Gasteiger charge is 2.36. The number of carbonyl (C=O) groups is 1. The molecule has 0 radical (unpaired) electrons. The number of hydrogen-bond donors (Lipinski definition) is 1. The van der Waals surface area contributed by atoms with E-state index in [0.717, 1.165) is 29.6 Å². The van der Waals surface area contributed by atoms with Crippen LogP contribution in [0.4, 0.5) is 5.69 Å². The molecule has 4 heteroatoms. The van der Waals surface area contributed by atoms with Gasteiger partial charge in [0.15, 0.2) is 0 Å². The van der Waals surface area contributed by atoms with Gasteiger partial charge >= 0.3 is 0 Å². The van der Waals surface area contributed by atoms with E-state index < -0.39 is 0 Å². The molecule has 1 saturated carbocycles. The minimum absolute atomic E-state index is 0.0125. The van der Waals surface area contributed by atoms with Gasteiger partial charge < -0.3 is 10.2 Å². The molecule has 1 amide bonds. The Balaban J connectivity index is 1.67. The van der Waals surface area contributed by atoms with E-state index in [9.17, 15) is 4.79 Å². The summed E-state index contributed by atoms with van der Waals surface area (Å²) in [7, 11) is 0. The maximum atomic E-state index is 12.5. The Morgan fingerprint density at radius 3 is 2.85 bits per heavy atom. The Kier molecular flexibility index (Phi) is 2.70. The van der Waals surface area contributed by atoms with E-state index in [4.69, 9.17) is 0 Å². The third-order valence-corrected chi connectivity index (χ3v) is 4.12. The molecule has 1 aromatic carbocycles. The summed E-state index contributed by atoms with van der Waals surface area (Å²) in [5, 5.41) is 4.52. The highest BCUT2D eigenvalue weighted by molar-refractivity contribution is 6.05. The number of anilines is 1. The summed E-state index contributed by atoms with van der Waals surface area (Å²) in [5.41, 5.74) is 1.85. The van der Waals surface area contributed by atoms with Crippen LogP contribution in [0.25, 0.3) is 10.9 Å². The smallest absolute Gasteiger partial charge is 0.244 e. The van der Waals surface area contributed by atoms with Crippen LogP contribution in [0.3, 0.4) is 0 Å². The van der Waals surface area contributed by atoms with Crippen molar-refractivity contribution in [1.82, 2.24) is 10.3 Å². The number of nitrogens with zero attached hydrogens (tertiary/aromatic N) is 2. The van der Waals surface area contributed by atoms with E-state index in [1.807, 2.05) is 35.2 Å². The van der Waals surface area contributed by atoms with Crippen molar-refractivity contribution in [1.29, 1.82) is 0 Å². The van der Waals surface area contributed by atoms with Crippen molar-refractivity contribution < 1.29 is 4.79 Å². The summed E-state index contributed by atoms with van der Waals surface area (Å²) in [6, 6.07) is 10.5. The van der Waals surface area contributed by atoms with Crippen molar-refractivity contribution in [2.75, 3.05) is 11.4 Å². The standard InChI is InChI=1S/C16H17N3O/c20-16-13(18-12-6-7-12)8-10-19(16)14-5-1-3-11-4-2-9-17-15(11)14/h1-5,9,12-13,18H,6-8,10H2. The van der Waals surface area contributed by atoms with E-state index in [2.05, 4.69) is 10.3 Å². The van der Waals surface area contributed by atoms with Crippen LogP contribution >= 0.6 is 0 Å². The van der Waals surface area contributed by atoms with Gasteiger partial charge in [0.05, 0.1) is 17.2 Å². The number of fused-ring (bicyclic) bond motifs is 1. The van der Waals surface area contributed by atoms with Gasteiger partial charge in [-0.15, -0.1) is 0 Å². The van der Waals surface area contributed by atoms with Crippen LogP contribution in [0.5, 0.6) is 0 Å². The van der Waals surface area contributed by atoms with Crippen LogP contribution < -0.4 is 10.2 Å². The van der Waals surface area contributed by atoms with Crippen molar-refractivity contribution in [3.05, 3.63) is 36.5 Å². The average Bonchev–Trinajstić information content (AvgIpc) is 3.23. The maximum Gasteiger partial charge on any atom is 0.244 e. The first-order chi connectivity index (χ1) is 9.83. The first-order valence-electron chi connectivity index (χ1n) is 7.24. The molecule has 1 aliphatic heterocycles. The van der Waals surface area contributed by atoms with Gasteiger partial charge in [0.25, 0.3) is 0 Å². The highest BCUT2D eigenvalue weighted by Crippen LogP contribution is 2.29. The fraction of sp³-hybridized carbons (Fsp3) is 0.375. The molecular weight excluding hydrogens is 250 g/mol. The van der Waals surface area contributed by atoms with Gasteiger partial charge in [0.1, 0.15) is 0 Å². The Bertz CT molecular complexity index is 660. The number of amides is 1. The molecule has 20 heavy (non-hydrogen) atoms. The lowest BCUT2D eigenvalue weighted by molar-refractivity contribution is -0.118. The SMILES string of the molecule is O=C1C(NC2CC2)CCN1c1cccc2cccnc12. The summed E-state index contributed by atoms with van der Waals surface area (Å²) in [5.74, 6) is 0.190. The number of nitrogens with one attached hydrogen (secondary N) is 1. The molecule has 0 spiro atoms. The van der Waals surface area contributed by atoms with Gasteiger partial charge in [0.2, 0.25) is 5.91 Å². The zero-order chi connectivity index (χ0) is 13.5. The van der Waals surface area contributed by atoms with E-state index >= 15 is 0 Å². The molecule has 1 aliphatic carbocycles. The first-order valence-corrected chi connectivity index (χ1v) is 7.24. The molecule has 0 bridgehead atoms. The van der Waals surface area contributed by atoms with Gasteiger partial charge in [-0.3, -0.25) is 9.78 Å².